The van der Waals surface area contributed by atoms with Crippen molar-refractivity contribution in [3.05, 3.63) is 12.7 Å². The molecule has 0 aliphatic rings. The lowest BCUT2D eigenvalue weighted by molar-refractivity contribution is -0.126. The van der Waals surface area contributed by atoms with Crippen LogP contribution >= 0.6 is 0 Å². The molecule has 0 radical (unpaired) electrons. The summed E-state index contributed by atoms with van der Waals surface area (Å²) in [5.74, 6) is 0.628. The Morgan fingerprint density at radius 2 is 2.00 bits per heavy atom. The molecule has 2 nitrogen and oxygen atoms in total. The molecule has 0 rings (SSSR count). The first kappa shape index (κ1) is 11.2. The molecule has 0 aromatic carbocycles. The molecule has 0 aromatic heterocycles. The molecule has 1 unspecified atom stereocenters. The Morgan fingerprint density at radius 3 is 2.33 bits per heavy atom. The fourth-order valence-electron chi connectivity index (χ4n) is 1.20. The Labute approximate surface area is 75.3 Å². The van der Waals surface area contributed by atoms with E-state index < -0.39 is 0 Å². The summed E-state index contributed by atoms with van der Waals surface area (Å²) in [4.78, 5) is 12.9. The SMILES string of the molecule is C=CC(=O)N(C)C(C)CC(C)C. The number of hydrogen-bond acceptors (Lipinski definition) is 1. The van der Waals surface area contributed by atoms with Gasteiger partial charge in [-0.15, -0.1) is 0 Å². The average Bonchev–Trinajstić information content (AvgIpc) is 2.00. The van der Waals surface area contributed by atoms with Gasteiger partial charge in [0.1, 0.15) is 0 Å². The van der Waals surface area contributed by atoms with Crippen LogP contribution in [0.15, 0.2) is 12.7 Å². The smallest absolute Gasteiger partial charge is 0.245 e. The minimum atomic E-state index is 0.00292. The second-order valence-electron chi connectivity index (χ2n) is 3.63. The molecule has 1 amide bonds. The van der Waals surface area contributed by atoms with Gasteiger partial charge in [0, 0.05) is 13.1 Å². The van der Waals surface area contributed by atoms with Crippen LogP contribution in [-0.2, 0) is 4.79 Å². The van der Waals surface area contributed by atoms with Crippen LogP contribution in [0.2, 0.25) is 0 Å². The summed E-state index contributed by atoms with van der Waals surface area (Å²) < 4.78 is 0. The highest BCUT2D eigenvalue weighted by atomic mass is 16.2. The van der Waals surface area contributed by atoms with Gasteiger partial charge in [-0.25, -0.2) is 0 Å². The maximum Gasteiger partial charge on any atom is 0.245 e. The lowest BCUT2D eigenvalue weighted by Crippen LogP contribution is -2.34. The lowest BCUT2D eigenvalue weighted by atomic mass is 10.0. The highest BCUT2D eigenvalue weighted by molar-refractivity contribution is 5.86. The van der Waals surface area contributed by atoms with Crippen molar-refractivity contribution in [3.63, 3.8) is 0 Å². The van der Waals surface area contributed by atoms with E-state index in [1.807, 2.05) is 7.05 Å². The molecular weight excluding hydrogens is 150 g/mol. The summed E-state index contributed by atoms with van der Waals surface area (Å²) in [6, 6.07) is 0.301. The predicted molar refractivity (Wildman–Crippen MR) is 51.9 cm³/mol. The van der Waals surface area contributed by atoms with E-state index >= 15 is 0 Å². The highest BCUT2D eigenvalue weighted by Crippen LogP contribution is 2.09. The third kappa shape index (κ3) is 3.56. The van der Waals surface area contributed by atoms with Crippen LogP contribution in [0.1, 0.15) is 27.2 Å². The van der Waals surface area contributed by atoms with Crippen LogP contribution in [0.3, 0.4) is 0 Å². The largest absolute Gasteiger partial charge is 0.340 e. The maximum absolute atomic E-state index is 11.1. The molecule has 0 saturated carbocycles. The van der Waals surface area contributed by atoms with E-state index in [0.717, 1.165) is 6.42 Å². The third-order valence-corrected chi connectivity index (χ3v) is 2.00. The second-order valence-corrected chi connectivity index (χ2v) is 3.63. The van der Waals surface area contributed by atoms with Crippen LogP contribution in [-0.4, -0.2) is 23.9 Å². The number of carbonyl (C=O) groups is 1. The Kier molecular flexibility index (Phi) is 4.64. The van der Waals surface area contributed by atoms with E-state index in [4.69, 9.17) is 0 Å². The molecule has 2 heteroatoms. The van der Waals surface area contributed by atoms with Crippen LogP contribution in [0.5, 0.6) is 0 Å². The number of nitrogens with zero attached hydrogens (tertiary/aromatic N) is 1. The summed E-state index contributed by atoms with van der Waals surface area (Å²) in [5.41, 5.74) is 0. The van der Waals surface area contributed by atoms with E-state index in [2.05, 4.69) is 27.4 Å². The van der Waals surface area contributed by atoms with Crippen LogP contribution in [0, 0.1) is 5.92 Å². The van der Waals surface area contributed by atoms with Gasteiger partial charge in [-0.1, -0.05) is 20.4 Å². The third-order valence-electron chi connectivity index (χ3n) is 2.00. The van der Waals surface area contributed by atoms with E-state index in [1.165, 1.54) is 6.08 Å². The average molecular weight is 169 g/mol. The summed E-state index contributed by atoms with van der Waals surface area (Å²) in [5, 5.41) is 0. The van der Waals surface area contributed by atoms with Crippen molar-refractivity contribution in [3.8, 4) is 0 Å². The van der Waals surface area contributed by atoms with Gasteiger partial charge >= 0.3 is 0 Å². The van der Waals surface area contributed by atoms with Gasteiger partial charge in [0.2, 0.25) is 5.91 Å². The van der Waals surface area contributed by atoms with Gasteiger partial charge in [-0.05, 0) is 25.3 Å². The van der Waals surface area contributed by atoms with Crippen molar-refractivity contribution < 1.29 is 4.79 Å². The van der Waals surface area contributed by atoms with Gasteiger partial charge < -0.3 is 4.90 Å². The molecule has 0 aliphatic carbocycles. The first-order valence-electron chi connectivity index (χ1n) is 4.38. The second kappa shape index (κ2) is 4.96. The van der Waals surface area contributed by atoms with Gasteiger partial charge in [-0.3, -0.25) is 4.79 Å². The molecular formula is C10H19NO. The zero-order chi connectivity index (χ0) is 9.72. The van der Waals surface area contributed by atoms with Crippen molar-refractivity contribution in [1.82, 2.24) is 4.90 Å². The molecule has 0 N–H and O–H groups in total. The van der Waals surface area contributed by atoms with Gasteiger partial charge in [0.05, 0.1) is 0 Å². The quantitative estimate of drug-likeness (QED) is 0.590. The van der Waals surface area contributed by atoms with Crippen molar-refractivity contribution in [1.29, 1.82) is 0 Å². The topological polar surface area (TPSA) is 20.3 Å². The van der Waals surface area contributed by atoms with Crippen molar-refractivity contribution in [2.45, 2.75) is 33.2 Å². The molecule has 0 aromatic rings. The fraction of sp³-hybridized carbons (Fsp3) is 0.700. The Hall–Kier alpha value is -0.790. The van der Waals surface area contributed by atoms with E-state index in [1.54, 1.807) is 4.90 Å². The number of carbonyl (C=O) groups excluding carboxylic acids is 1. The number of rotatable bonds is 4. The Balaban J connectivity index is 4.00. The number of amides is 1. The molecule has 0 fully saturated rings. The van der Waals surface area contributed by atoms with Crippen molar-refractivity contribution in [2.24, 2.45) is 5.92 Å². The number of hydrogen-bond donors (Lipinski definition) is 0. The molecule has 0 aliphatic heterocycles. The monoisotopic (exact) mass is 169 g/mol. The predicted octanol–water partition coefficient (Wildman–Crippen LogP) is 2.07. The maximum atomic E-state index is 11.1. The first-order valence-corrected chi connectivity index (χ1v) is 4.38. The first-order chi connectivity index (χ1) is 5.49. The molecule has 70 valence electrons. The fourth-order valence-corrected chi connectivity index (χ4v) is 1.20. The van der Waals surface area contributed by atoms with Gasteiger partial charge in [0.15, 0.2) is 0 Å². The van der Waals surface area contributed by atoms with E-state index in [9.17, 15) is 4.79 Å². The molecule has 0 bridgehead atoms. The zero-order valence-corrected chi connectivity index (χ0v) is 8.50. The highest BCUT2D eigenvalue weighted by Gasteiger charge is 2.13. The van der Waals surface area contributed by atoms with Crippen LogP contribution < -0.4 is 0 Å². The minimum absolute atomic E-state index is 0.00292. The minimum Gasteiger partial charge on any atom is -0.340 e. The van der Waals surface area contributed by atoms with Gasteiger partial charge in [-0.2, -0.15) is 0 Å². The summed E-state index contributed by atoms with van der Waals surface area (Å²) >= 11 is 0. The van der Waals surface area contributed by atoms with Crippen LogP contribution in [0.25, 0.3) is 0 Å². The molecule has 1 atom stereocenters. The van der Waals surface area contributed by atoms with Gasteiger partial charge in [0.25, 0.3) is 0 Å². The van der Waals surface area contributed by atoms with E-state index in [0.29, 0.717) is 12.0 Å². The van der Waals surface area contributed by atoms with E-state index in [-0.39, 0.29) is 5.91 Å². The molecule has 12 heavy (non-hydrogen) atoms. The summed E-state index contributed by atoms with van der Waals surface area (Å²) in [6.45, 7) is 9.82. The normalized spacial score (nSPS) is 12.8. The van der Waals surface area contributed by atoms with Crippen LogP contribution in [0.4, 0.5) is 0 Å². The Bertz CT molecular complexity index is 163. The molecule has 0 spiro atoms. The molecule has 0 saturated heterocycles. The molecule has 0 heterocycles. The summed E-state index contributed by atoms with van der Waals surface area (Å²) in [6.07, 6.45) is 2.40. The summed E-state index contributed by atoms with van der Waals surface area (Å²) in [7, 11) is 1.82. The number of likely N-dealkylation sites (N-methyl/N-ethyl adjacent to an activating group) is 1. The van der Waals surface area contributed by atoms with Crippen molar-refractivity contribution in [2.75, 3.05) is 7.05 Å². The Morgan fingerprint density at radius 1 is 1.50 bits per heavy atom. The van der Waals surface area contributed by atoms with Crippen molar-refractivity contribution >= 4 is 5.91 Å². The lowest BCUT2D eigenvalue weighted by Gasteiger charge is -2.24. The zero-order valence-electron chi connectivity index (χ0n) is 8.50. The standard InChI is InChI=1S/C10H19NO/c1-6-10(12)11(5)9(4)7-8(2)3/h6,8-9H,1,7H2,2-5H3.